The predicted molar refractivity (Wildman–Crippen MR) is 93.1 cm³/mol. The lowest BCUT2D eigenvalue weighted by Gasteiger charge is -2.04. The van der Waals surface area contributed by atoms with Gasteiger partial charge in [0.15, 0.2) is 5.58 Å². The molecule has 3 aromatic carbocycles. The number of oxazole rings is 1. The number of aromatic hydroxyl groups is 1. The average molecular weight is 317 g/mol. The summed E-state index contributed by atoms with van der Waals surface area (Å²) in [5.41, 5.74) is 4.30. The monoisotopic (exact) mass is 317 g/mol. The van der Waals surface area contributed by atoms with Crippen LogP contribution in [-0.4, -0.2) is 17.2 Å². The number of benzene rings is 3. The van der Waals surface area contributed by atoms with E-state index in [0.29, 0.717) is 11.5 Å². The van der Waals surface area contributed by atoms with Crippen LogP contribution in [-0.2, 0) is 0 Å². The molecule has 4 aromatic rings. The summed E-state index contributed by atoms with van der Waals surface area (Å²) in [6.45, 7) is 0. The molecule has 4 heteroatoms. The molecule has 0 fully saturated rings. The van der Waals surface area contributed by atoms with Gasteiger partial charge in [0.25, 0.3) is 0 Å². The van der Waals surface area contributed by atoms with E-state index in [4.69, 9.17) is 9.15 Å². The summed E-state index contributed by atoms with van der Waals surface area (Å²) in [4.78, 5) is 4.49. The first kappa shape index (κ1) is 14.3. The summed E-state index contributed by atoms with van der Waals surface area (Å²) in [5, 5.41) is 9.61. The highest BCUT2D eigenvalue weighted by molar-refractivity contribution is 5.82. The van der Waals surface area contributed by atoms with Crippen molar-refractivity contribution in [2.45, 2.75) is 0 Å². The van der Waals surface area contributed by atoms with Crippen LogP contribution in [0.3, 0.4) is 0 Å². The molecule has 0 saturated heterocycles. The van der Waals surface area contributed by atoms with Crippen molar-refractivity contribution in [1.82, 2.24) is 4.98 Å². The number of hydrogen-bond acceptors (Lipinski definition) is 4. The third-order valence-corrected chi connectivity index (χ3v) is 3.88. The van der Waals surface area contributed by atoms with Gasteiger partial charge in [-0.3, -0.25) is 0 Å². The Kier molecular flexibility index (Phi) is 3.43. The second-order valence-electron chi connectivity index (χ2n) is 5.48. The van der Waals surface area contributed by atoms with Crippen molar-refractivity contribution in [3.8, 4) is 34.1 Å². The maximum Gasteiger partial charge on any atom is 0.227 e. The summed E-state index contributed by atoms with van der Waals surface area (Å²) < 4.78 is 11.2. The highest BCUT2D eigenvalue weighted by atomic mass is 16.5. The molecule has 4 rings (SSSR count). The lowest BCUT2D eigenvalue weighted by Crippen LogP contribution is -1.83. The minimum absolute atomic E-state index is 0.187. The molecular weight excluding hydrogens is 302 g/mol. The molecule has 0 aliphatic heterocycles. The van der Waals surface area contributed by atoms with E-state index in [1.807, 2.05) is 48.5 Å². The van der Waals surface area contributed by atoms with Crippen molar-refractivity contribution in [2.24, 2.45) is 0 Å². The van der Waals surface area contributed by atoms with Gasteiger partial charge in [0.1, 0.15) is 17.0 Å². The molecule has 0 spiro atoms. The lowest BCUT2D eigenvalue weighted by molar-refractivity contribution is 0.415. The summed E-state index contributed by atoms with van der Waals surface area (Å²) in [6, 6.07) is 20.6. The minimum atomic E-state index is 0.187. The molecule has 1 heterocycles. The highest BCUT2D eigenvalue weighted by Crippen LogP contribution is 2.30. The number of phenols is 1. The Morgan fingerprint density at radius 1 is 0.875 bits per heavy atom. The number of methoxy groups -OCH3 is 1. The standard InChI is InChI=1S/C20H15NO3/c1-23-17-7-3-4-13(11-17)14-8-9-18-19(12-14)24-20(21-18)15-5-2-6-16(22)10-15/h2-12,22H,1H3. The molecule has 0 saturated carbocycles. The van der Waals surface area contributed by atoms with Crippen LogP contribution >= 0.6 is 0 Å². The Morgan fingerprint density at radius 2 is 1.67 bits per heavy atom. The van der Waals surface area contributed by atoms with Gasteiger partial charge < -0.3 is 14.3 Å². The van der Waals surface area contributed by atoms with Gasteiger partial charge in [0.2, 0.25) is 5.89 Å². The van der Waals surface area contributed by atoms with Gasteiger partial charge >= 0.3 is 0 Å². The van der Waals surface area contributed by atoms with E-state index in [9.17, 15) is 5.11 Å². The maximum absolute atomic E-state index is 9.61. The normalized spacial score (nSPS) is 10.9. The zero-order valence-electron chi connectivity index (χ0n) is 13.1. The zero-order chi connectivity index (χ0) is 16.5. The molecule has 1 aromatic heterocycles. The molecule has 1 N–H and O–H groups in total. The van der Waals surface area contributed by atoms with Gasteiger partial charge in [-0.15, -0.1) is 0 Å². The van der Waals surface area contributed by atoms with Gasteiger partial charge in [-0.25, -0.2) is 4.98 Å². The quantitative estimate of drug-likeness (QED) is 0.585. The van der Waals surface area contributed by atoms with Crippen LogP contribution in [0.1, 0.15) is 0 Å². The third kappa shape index (κ3) is 2.58. The highest BCUT2D eigenvalue weighted by Gasteiger charge is 2.10. The smallest absolute Gasteiger partial charge is 0.227 e. The number of ether oxygens (including phenoxy) is 1. The molecule has 118 valence electrons. The van der Waals surface area contributed by atoms with Crippen LogP contribution in [0.5, 0.6) is 11.5 Å². The predicted octanol–water partition coefficient (Wildman–Crippen LogP) is 4.88. The van der Waals surface area contributed by atoms with Crippen LogP contribution < -0.4 is 4.74 Å². The maximum atomic E-state index is 9.61. The molecule has 0 bridgehead atoms. The van der Waals surface area contributed by atoms with Crippen LogP contribution in [0, 0.1) is 0 Å². The Hall–Kier alpha value is -3.27. The van der Waals surface area contributed by atoms with E-state index in [-0.39, 0.29) is 5.75 Å². The zero-order valence-corrected chi connectivity index (χ0v) is 13.1. The first-order valence-electron chi connectivity index (χ1n) is 7.57. The van der Waals surface area contributed by atoms with Crippen molar-refractivity contribution < 1.29 is 14.3 Å². The van der Waals surface area contributed by atoms with Gasteiger partial charge in [0, 0.05) is 5.56 Å². The fraction of sp³-hybridized carbons (Fsp3) is 0.0500. The minimum Gasteiger partial charge on any atom is -0.508 e. The molecule has 0 aliphatic carbocycles. The Balaban J connectivity index is 1.78. The van der Waals surface area contributed by atoms with Crippen LogP contribution in [0.4, 0.5) is 0 Å². The molecule has 24 heavy (non-hydrogen) atoms. The van der Waals surface area contributed by atoms with E-state index in [2.05, 4.69) is 4.98 Å². The van der Waals surface area contributed by atoms with Crippen molar-refractivity contribution >= 4 is 11.1 Å². The summed E-state index contributed by atoms with van der Waals surface area (Å²) in [6.07, 6.45) is 0. The van der Waals surface area contributed by atoms with Crippen LogP contribution in [0.2, 0.25) is 0 Å². The van der Waals surface area contributed by atoms with Gasteiger partial charge in [0.05, 0.1) is 7.11 Å². The van der Waals surface area contributed by atoms with E-state index in [1.54, 1.807) is 25.3 Å². The Labute approximate surface area is 139 Å². The van der Waals surface area contributed by atoms with Crippen LogP contribution in [0.15, 0.2) is 71.1 Å². The third-order valence-electron chi connectivity index (χ3n) is 3.88. The SMILES string of the molecule is COc1cccc(-c2ccc3nc(-c4cccc(O)c4)oc3c2)c1. The average Bonchev–Trinajstić information content (AvgIpc) is 3.05. The van der Waals surface area contributed by atoms with Crippen molar-refractivity contribution in [2.75, 3.05) is 7.11 Å². The number of phenolic OH excluding ortho intramolecular Hbond substituents is 1. The first-order chi connectivity index (χ1) is 11.7. The largest absolute Gasteiger partial charge is 0.508 e. The van der Waals surface area contributed by atoms with Gasteiger partial charge in [-0.05, 0) is 53.6 Å². The molecule has 4 nitrogen and oxygen atoms in total. The van der Waals surface area contributed by atoms with Gasteiger partial charge in [-0.1, -0.05) is 24.3 Å². The topological polar surface area (TPSA) is 55.5 Å². The van der Waals surface area contributed by atoms with E-state index >= 15 is 0 Å². The van der Waals surface area contributed by atoms with Crippen molar-refractivity contribution in [1.29, 1.82) is 0 Å². The first-order valence-corrected chi connectivity index (χ1v) is 7.57. The molecule has 0 aliphatic rings. The number of hydrogen-bond donors (Lipinski definition) is 1. The summed E-state index contributed by atoms with van der Waals surface area (Å²) >= 11 is 0. The van der Waals surface area contributed by atoms with Crippen LogP contribution in [0.25, 0.3) is 33.7 Å². The molecule has 0 amide bonds. The lowest BCUT2D eigenvalue weighted by atomic mass is 10.1. The summed E-state index contributed by atoms with van der Waals surface area (Å²) in [7, 11) is 1.65. The number of nitrogens with zero attached hydrogens (tertiary/aromatic N) is 1. The molecular formula is C20H15NO3. The van der Waals surface area contributed by atoms with E-state index < -0.39 is 0 Å². The van der Waals surface area contributed by atoms with Gasteiger partial charge in [-0.2, -0.15) is 0 Å². The molecule has 0 atom stereocenters. The number of fused-ring (bicyclic) bond motifs is 1. The Bertz CT molecular complexity index is 1020. The molecule has 0 unspecified atom stereocenters. The van der Waals surface area contributed by atoms with Crippen molar-refractivity contribution in [3.63, 3.8) is 0 Å². The van der Waals surface area contributed by atoms with E-state index in [1.165, 1.54) is 0 Å². The number of aromatic nitrogens is 1. The van der Waals surface area contributed by atoms with Crippen molar-refractivity contribution in [3.05, 3.63) is 66.7 Å². The Morgan fingerprint density at radius 3 is 2.50 bits per heavy atom. The fourth-order valence-electron chi connectivity index (χ4n) is 2.67. The second-order valence-corrected chi connectivity index (χ2v) is 5.48. The fourth-order valence-corrected chi connectivity index (χ4v) is 2.67. The molecule has 0 radical (unpaired) electrons. The van der Waals surface area contributed by atoms with E-state index in [0.717, 1.165) is 28.0 Å². The second kappa shape index (κ2) is 5.74. The summed E-state index contributed by atoms with van der Waals surface area (Å²) in [5.74, 6) is 1.49. The number of rotatable bonds is 3.